The summed E-state index contributed by atoms with van der Waals surface area (Å²) in [5, 5.41) is 0. The van der Waals surface area contributed by atoms with Crippen LogP contribution in [0.5, 0.6) is 5.75 Å². The van der Waals surface area contributed by atoms with Crippen LogP contribution >= 0.6 is 0 Å². The minimum atomic E-state index is -0.0579. The van der Waals surface area contributed by atoms with E-state index >= 15 is 0 Å². The molecular weight excluding hydrogens is 166 g/mol. The number of aromatic amines is 1. The van der Waals surface area contributed by atoms with Gasteiger partial charge in [0.05, 0.1) is 7.11 Å². The Morgan fingerprint density at radius 3 is 2.92 bits per heavy atom. The standard InChI is InChI=1S/C10H13NO2/c1-13-9-6-10(12)11-8-5-3-2-4-7(8)9/h6H,2-5H2,1H3,(H,11,12). The van der Waals surface area contributed by atoms with Gasteiger partial charge in [0.15, 0.2) is 0 Å². The molecule has 0 unspecified atom stereocenters. The fourth-order valence-corrected chi connectivity index (χ4v) is 1.89. The number of ether oxygens (including phenoxy) is 1. The summed E-state index contributed by atoms with van der Waals surface area (Å²) in [5.41, 5.74) is 2.20. The van der Waals surface area contributed by atoms with Crippen molar-refractivity contribution in [3.63, 3.8) is 0 Å². The molecule has 1 aliphatic carbocycles. The second-order valence-corrected chi connectivity index (χ2v) is 3.37. The molecule has 70 valence electrons. The SMILES string of the molecule is COc1cc(=O)[nH]c2c1CCCC2. The average molecular weight is 179 g/mol. The summed E-state index contributed by atoms with van der Waals surface area (Å²) in [6.07, 6.45) is 4.35. The number of H-pyrrole nitrogens is 1. The summed E-state index contributed by atoms with van der Waals surface area (Å²) in [6.45, 7) is 0. The molecule has 1 aliphatic rings. The maximum atomic E-state index is 11.2. The van der Waals surface area contributed by atoms with Crippen LogP contribution in [0.3, 0.4) is 0 Å². The zero-order chi connectivity index (χ0) is 9.26. The van der Waals surface area contributed by atoms with Crippen LogP contribution < -0.4 is 10.3 Å². The van der Waals surface area contributed by atoms with Gasteiger partial charge in [0.25, 0.3) is 5.56 Å². The third kappa shape index (κ3) is 1.46. The van der Waals surface area contributed by atoms with Gasteiger partial charge in [0, 0.05) is 17.3 Å². The highest BCUT2D eigenvalue weighted by molar-refractivity contribution is 5.37. The van der Waals surface area contributed by atoms with Gasteiger partial charge >= 0.3 is 0 Å². The number of hydrogen-bond donors (Lipinski definition) is 1. The van der Waals surface area contributed by atoms with Gasteiger partial charge in [-0.1, -0.05) is 0 Å². The monoisotopic (exact) mass is 179 g/mol. The Labute approximate surface area is 76.7 Å². The zero-order valence-corrected chi connectivity index (χ0v) is 7.72. The van der Waals surface area contributed by atoms with Crippen molar-refractivity contribution >= 4 is 0 Å². The highest BCUT2D eigenvalue weighted by Crippen LogP contribution is 2.25. The largest absolute Gasteiger partial charge is 0.496 e. The van der Waals surface area contributed by atoms with Crippen molar-refractivity contribution in [3.8, 4) is 5.75 Å². The van der Waals surface area contributed by atoms with Crippen LogP contribution in [0.2, 0.25) is 0 Å². The van der Waals surface area contributed by atoms with Gasteiger partial charge in [0.1, 0.15) is 5.75 Å². The van der Waals surface area contributed by atoms with Crippen molar-refractivity contribution in [1.82, 2.24) is 4.98 Å². The lowest BCUT2D eigenvalue weighted by Gasteiger charge is -2.17. The number of hydrogen-bond acceptors (Lipinski definition) is 2. The van der Waals surface area contributed by atoms with Gasteiger partial charge in [-0.25, -0.2) is 0 Å². The molecule has 0 saturated carbocycles. The van der Waals surface area contributed by atoms with E-state index in [9.17, 15) is 4.79 Å². The molecule has 0 aliphatic heterocycles. The minimum Gasteiger partial charge on any atom is -0.496 e. The maximum absolute atomic E-state index is 11.2. The molecule has 0 atom stereocenters. The molecule has 1 aromatic rings. The van der Waals surface area contributed by atoms with Crippen LogP contribution in [0, 0.1) is 0 Å². The third-order valence-electron chi connectivity index (χ3n) is 2.52. The molecule has 0 fully saturated rings. The van der Waals surface area contributed by atoms with Crippen LogP contribution in [-0.4, -0.2) is 12.1 Å². The molecule has 0 spiro atoms. The highest BCUT2D eigenvalue weighted by Gasteiger charge is 2.14. The van der Waals surface area contributed by atoms with Crippen LogP contribution in [0.15, 0.2) is 10.9 Å². The van der Waals surface area contributed by atoms with Crippen molar-refractivity contribution < 1.29 is 4.74 Å². The quantitative estimate of drug-likeness (QED) is 0.705. The van der Waals surface area contributed by atoms with E-state index in [2.05, 4.69) is 4.98 Å². The smallest absolute Gasteiger partial charge is 0.251 e. The Bertz CT molecular complexity index is 347. The van der Waals surface area contributed by atoms with Crippen molar-refractivity contribution in [2.24, 2.45) is 0 Å². The molecule has 1 aromatic heterocycles. The highest BCUT2D eigenvalue weighted by atomic mass is 16.5. The molecule has 0 aromatic carbocycles. The van der Waals surface area contributed by atoms with Crippen LogP contribution in [-0.2, 0) is 12.8 Å². The van der Waals surface area contributed by atoms with Gasteiger partial charge in [-0.3, -0.25) is 4.79 Å². The summed E-state index contributed by atoms with van der Waals surface area (Å²) >= 11 is 0. The number of pyridine rings is 1. The molecule has 0 bridgehead atoms. The summed E-state index contributed by atoms with van der Waals surface area (Å²) in [6, 6.07) is 1.53. The lowest BCUT2D eigenvalue weighted by molar-refractivity contribution is 0.404. The molecule has 1 N–H and O–H groups in total. The normalized spacial score (nSPS) is 15.2. The third-order valence-corrected chi connectivity index (χ3v) is 2.52. The number of rotatable bonds is 1. The number of methoxy groups -OCH3 is 1. The predicted molar refractivity (Wildman–Crippen MR) is 50.3 cm³/mol. The zero-order valence-electron chi connectivity index (χ0n) is 7.72. The summed E-state index contributed by atoms with van der Waals surface area (Å²) < 4.78 is 5.17. The average Bonchev–Trinajstić information content (AvgIpc) is 2.16. The first-order valence-corrected chi connectivity index (χ1v) is 4.60. The molecule has 0 saturated heterocycles. The molecule has 0 amide bonds. The Morgan fingerprint density at radius 2 is 2.15 bits per heavy atom. The van der Waals surface area contributed by atoms with E-state index in [-0.39, 0.29) is 5.56 Å². The molecule has 1 heterocycles. The van der Waals surface area contributed by atoms with E-state index < -0.39 is 0 Å². The predicted octanol–water partition coefficient (Wildman–Crippen LogP) is 1.26. The van der Waals surface area contributed by atoms with Crippen molar-refractivity contribution in [2.45, 2.75) is 25.7 Å². The van der Waals surface area contributed by atoms with Crippen LogP contribution in [0.1, 0.15) is 24.1 Å². The number of aromatic nitrogens is 1. The van der Waals surface area contributed by atoms with Crippen molar-refractivity contribution in [2.75, 3.05) is 7.11 Å². The summed E-state index contributed by atoms with van der Waals surface area (Å²) in [4.78, 5) is 14.1. The van der Waals surface area contributed by atoms with Gasteiger partial charge in [0.2, 0.25) is 0 Å². The van der Waals surface area contributed by atoms with E-state index in [4.69, 9.17) is 4.74 Å². The second kappa shape index (κ2) is 3.24. The number of aryl methyl sites for hydroxylation is 1. The van der Waals surface area contributed by atoms with Crippen molar-refractivity contribution in [1.29, 1.82) is 0 Å². The molecular formula is C10H13NO2. The summed E-state index contributed by atoms with van der Waals surface area (Å²) in [7, 11) is 1.61. The first-order chi connectivity index (χ1) is 6.31. The first kappa shape index (κ1) is 8.35. The van der Waals surface area contributed by atoms with Crippen LogP contribution in [0.25, 0.3) is 0 Å². The molecule has 3 heteroatoms. The lowest BCUT2D eigenvalue weighted by atomic mass is 9.95. The number of fused-ring (bicyclic) bond motifs is 1. The molecule has 0 radical (unpaired) electrons. The molecule has 13 heavy (non-hydrogen) atoms. The van der Waals surface area contributed by atoms with E-state index in [0.29, 0.717) is 0 Å². The lowest BCUT2D eigenvalue weighted by Crippen LogP contribution is -2.15. The molecule has 3 nitrogen and oxygen atoms in total. The number of nitrogens with one attached hydrogen (secondary N) is 1. The Hall–Kier alpha value is -1.25. The molecule has 2 rings (SSSR count). The summed E-state index contributed by atoms with van der Waals surface area (Å²) in [5.74, 6) is 0.749. The van der Waals surface area contributed by atoms with Crippen molar-refractivity contribution in [3.05, 3.63) is 27.7 Å². The van der Waals surface area contributed by atoms with Gasteiger partial charge < -0.3 is 9.72 Å². The maximum Gasteiger partial charge on any atom is 0.251 e. The second-order valence-electron chi connectivity index (χ2n) is 3.37. The fourth-order valence-electron chi connectivity index (χ4n) is 1.89. The van der Waals surface area contributed by atoms with Gasteiger partial charge in [-0.15, -0.1) is 0 Å². The fraction of sp³-hybridized carbons (Fsp3) is 0.500. The Balaban J connectivity index is 2.57. The van der Waals surface area contributed by atoms with Gasteiger partial charge in [-0.05, 0) is 25.7 Å². The Kier molecular flexibility index (Phi) is 2.08. The minimum absolute atomic E-state index is 0.0579. The van der Waals surface area contributed by atoms with E-state index in [1.165, 1.54) is 18.1 Å². The van der Waals surface area contributed by atoms with E-state index in [1.807, 2.05) is 0 Å². The van der Waals surface area contributed by atoms with Gasteiger partial charge in [-0.2, -0.15) is 0 Å². The van der Waals surface area contributed by atoms with Crippen LogP contribution in [0.4, 0.5) is 0 Å². The first-order valence-electron chi connectivity index (χ1n) is 4.60. The van der Waals surface area contributed by atoms with E-state index in [0.717, 1.165) is 30.7 Å². The Morgan fingerprint density at radius 1 is 1.38 bits per heavy atom. The van der Waals surface area contributed by atoms with E-state index in [1.54, 1.807) is 7.11 Å². The topological polar surface area (TPSA) is 42.1 Å².